The highest BCUT2D eigenvalue weighted by Gasteiger charge is 2.11. The molecule has 1 rings (SSSR count). The van der Waals surface area contributed by atoms with Crippen molar-refractivity contribution in [1.82, 2.24) is 4.98 Å². The summed E-state index contributed by atoms with van der Waals surface area (Å²) in [5.41, 5.74) is -0.110. The van der Waals surface area contributed by atoms with E-state index in [1.54, 1.807) is 14.0 Å². The topological polar surface area (TPSA) is 106 Å². The number of hydrogen-bond acceptors (Lipinski definition) is 7. The second-order valence-electron chi connectivity index (χ2n) is 3.26. The van der Waals surface area contributed by atoms with Crippen LogP contribution >= 0.6 is 0 Å². The van der Waals surface area contributed by atoms with Crippen molar-refractivity contribution >= 4 is 23.3 Å². The molecule has 0 fully saturated rings. The molecule has 0 saturated carbocycles. The van der Waals surface area contributed by atoms with E-state index in [0.29, 0.717) is 5.82 Å². The highest BCUT2D eigenvalue weighted by atomic mass is 16.6. The van der Waals surface area contributed by atoms with Crippen molar-refractivity contribution in [2.24, 2.45) is 0 Å². The Kier molecular flexibility index (Phi) is 4.85. The van der Waals surface area contributed by atoms with Crippen molar-refractivity contribution in [2.75, 3.05) is 30.8 Å². The van der Waals surface area contributed by atoms with E-state index in [9.17, 15) is 14.9 Å². The smallest absolute Gasteiger partial charge is 0.325 e. The first-order chi connectivity index (χ1) is 8.56. The summed E-state index contributed by atoms with van der Waals surface area (Å²) in [6.07, 6.45) is 0. The molecule has 1 aromatic heterocycles. The zero-order valence-electron chi connectivity index (χ0n) is 10.1. The summed E-state index contributed by atoms with van der Waals surface area (Å²) < 4.78 is 4.72. The molecular weight excluding hydrogens is 240 g/mol. The van der Waals surface area contributed by atoms with Crippen LogP contribution in [-0.2, 0) is 9.53 Å². The first-order valence-corrected chi connectivity index (χ1v) is 5.30. The van der Waals surface area contributed by atoms with Crippen LogP contribution in [0.2, 0.25) is 0 Å². The average Bonchev–Trinajstić information content (AvgIpc) is 2.36. The molecule has 0 amide bonds. The molecule has 18 heavy (non-hydrogen) atoms. The zero-order chi connectivity index (χ0) is 13.5. The first-order valence-electron chi connectivity index (χ1n) is 5.30. The van der Waals surface area contributed by atoms with Crippen LogP contribution in [0.25, 0.3) is 0 Å². The molecule has 0 aliphatic carbocycles. The van der Waals surface area contributed by atoms with Gasteiger partial charge in [0.1, 0.15) is 18.2 Å². The molecule has 0 bridgehead atoms. The maximum Gasteiger partial charge on any atom is 0.325 e. The second-order valence-corrected chi connectivity index (χ2v) is 3.26. The minimum atomic E-state index is -0.530. The molecule has 0 radical (unpaired) electrons. The largest absolute Gasteiger partial charge is 0.465 e. The number of carbonyl (C=O) groups excluding carboxylic acids is 1. The number of aromatic nitrogens is 1. The summed E-state index contributed by atoms with van der Waals surface area (Å²) in [5.74, 6) is 0.133. The van der Waals surface area contributed by atoms with E-state index in [2.05, 4.69) is 15.6 Å². The quantitative estimate of drug-likeness (QED) is 0.443. The van der Waals surface area contributed by atoms with Gasteiger partial charge in [-0.3, -0.25) is 14.9 Å². The van der Waals surface area contributed by atoms with Crippen LogP contribution in [0, 0.1) is 10.1 Å². The van der Waals surface area contributed by atoms with Gasteiger partial charge < -0.3 is 15.4 Å². The van der Waals surface area contributed by atoms with Crippen LogP contribution in [0.5, 0.6) is 0 Å². The Morgan fingerprint density at radius 3 is 2.72 bits per heavy atom. The van der Waals surface area contributed by atoms with Gasteiger partial charge in [0.2, 0.25) is 0 Å². The number of esters is 1. The van der Waals surface area contributed by atoms with Crippen LogP contribution in [0.1, 0.15) is 6.92 Å². The molecule has 0 aliphatic rings. The van der Waals surface area contributed by atoms with Gasteiger partial charge in [-0.2, -0.15) is 0 Å². The molecule has 0 atom stereocenters. The molecule has 2 N–H and O–H groups in total. The normalized spacial score (nSPS) is 9.67. The Morgan fingerprint density at radius 2 is 2.17 bits per heavy atom. The standard InChI is InChI=1S/C10H14N4O4/c1-3-18-10(15)6-12-9-5-7(14(16)17)4-8(11-2)13-9/h4-5H,3,6H2,1-2H3,(H2,11,12,13). The molecule has 8 heteroatoms. The number of nitrogens with one attached hydrogen (secondary N) is 2. The van der Waals surface area contributed by atoms with E-state index in [4.69, 9.17) is 4.74 Å². The van der Waals surface area contributed by atoms with E-state index < -0.39 is 10.9 Å². The maximum absolute atomic E-state index is 11.1. The number of ether oxygens (including phenoxy) is 1. The van der Waals surface area contributed by atoms with Crippen LogP contribution in [0.4, 0.5) is 17.3 Å². The number of pyridine rings is 1. The maximum atomic E-state index is 11.1. The van der Waals surface area contributed by atoms with Crippen LogP contribution in [0.3, 0.4) is 0 Å². The van der Waals surface area contributed by atoms with Crippen molar-refractivity contribution in [1.29, 1.82) is 0 Å². The highest BCUT2D eigenvalue weighted by molar-refractivity contribution is 5.74. The SMILES string of the molecule is CCOC(=O)CNc1cc([N+](=O)[O-])cc(NC)n1. The van der Waals surface area contributed by atoms with Gasteiger partial charge in [-0.05, 0) is 6.92 Å². The van der Waals surface area contributed by atoms with Gasteiger partial charge in [0.05, 0.1) is 23.7 Å². The van der Waals surface area contributed by atoms with Crippen LogP contribution in [0.15, 0.2) is 12.1 Å². The number of nitrogens with zero attached hydrogens (tertiary/aromatic N) is 2. The Hall–Kier alpha value is -2.38. The Labute approximate surface area is 104 Å². The van der Waals surface area contributed by atoms with Crippen LogP contribution in [-0.4, -0.2) is 36.1 Å². The lowest BCUT2D eigenvalue weighted by Crippen LogP contribution is -2.17. The lowest BCUT2D eigenvalue weighted by molar-refractivity contribution is -0.384. The second kappa shape index (κ2) is 6.38. The Morgan fingerprint density at radius 1 is 1.50 bits per heavy atom. The minimum absolute atomic E-state index is 0.0921. The minimum Gasteiger partial charge on any atom is -0.465 e. The van der Waals surface area contributed by atoms with Crippen LogP contribution < -0.4 is 10.6 Å². The third-order valence-electron chi connectivity index (χ3n) is 2.00. The summed E-state index contributed by atoms with van der Waals surface area (Å²) in [6, 6.07) is 2.55. The van der Waals surface area contributed by atoms with E-state index in [1.807, 2.05) is 0 Å². The summed E-state index contributed by atoms with van der Waals surface area (Å²) in [6.45, 7) is 1.89. The van der Waals surface area contributed by atoms with Gasteiger partial charge in [0, 0.05) is 7.05 Å². The van der Waals surface area contributed by atoms with E-state index in [1.165, 1.54) is 12.1 Å². The van der Waals surface area contributed by atoms with Crippen molar-refractivity contribution in [3.05, 3.63) is 22.2 Å². The lowest BCUT2D eigenvalue weighted by atomic mass is 10.3. The van der Waals surface area contributed by atoms with Gasteiger partial charge in [-0.15, -0.1) is 0 Å². The molecule has 0 saturated heterocycles. The first kappa shape index (κ1) is 13.7. The number of carbonyl (C=O) groups is 1. The fourth-order valence-corrected chi connectivity index (χ4v) is 1.21. The van der Waals surface area contributed by atoms with Gasteiger partial charge in [0.15, 0.2) is 0 Å². The van der Waals surface area contributed by atoms with E-state index >= 15 is 0 Å². The average molecular weight is 254 g/mol. The molecular formula is C10H14N4O4. The van der Waals surface area contributed by atoms with E-state index in [-0.39, 0.29) is 24.7 Å². The molecule has 1 heterocycles. The highest BCUT2D eigenvalue weighted by Crippen LogP contribution is 2.19. The van der Waals surface area contributed by atoms with E-state index in [0.717, 1.165) is 0 Å². The van der Waals surface area contributed by atoms with Crippen molar-refractivity contribution in [3.8, 4) is 0 Å². The van der Waals surface area contributed by atoms with Crippen molar-refractivity contribution in [3.63, 3.8) is 0 Å². The molecule has 98 valence electrons. The molecule has 0 aliphatic heterocycles. The van der Waals surface area contributed by atoms with Gasteiger partial charge in [-0.1, -0.05) is 0 Å². The number of nitro groups is 1. The molecule has 8 nitrogen and oxygen atoms in total. The summed E-state index contributed by atoms with van der Waals surface area (Å²) in [7, 11) is 1.60. The molecule has 0 unspecified atom stereocenters. The molecule has 0 spiro atoms. The predicted octanol–water partition coefficient (Wildman–Crippen LogP) is 1.01. The zero-order valence-corrected chi connectivity index (χ0v) is 10.1. The molecule has 0 aromatic carbocycles. The fraction of sp³-hybridized carbons (Fsp3) is 0.400. The fourth-order valence-electron chi connectivity index (χ4n) is 1.21. The number of rotatable bonds is 6. The van der Waals surface area contributed by atoms with Gasteiger partial charge >= 0.3 is 5.97 Å². The van der Waals surface area contributed by atoms with Crippen molar-refractivity contribution in [2.45, 2.75) is 6.92 Å². The summed E-state index contributed by atoms with van der Waals surface area (Å²) in [4.78, 5) is 25.3. The number of anilines is 2. The van der Waals surface area contributed by atoms with Crippen molar-refractivity contribution < 1.29 is 14.5 Å². The molecule has 1 aromatic rings. The van der Waals surface area contributed by atoms with Gasteiger partial charge in [-0.25, -0.2) is 4.98 Å². The predicted molar refractivity (Wildman–Crippen MR) is 65.6 cm³/mol. The summed E-state index contributed by atoms with van der Waals surface area (Å²) >= 11 is 0. The lowest BCUT2D eigenvalue weighted by Gasteiger charge is -2.07. The Balaban J connectivity index is 2.78. The summed E-state index contributed by atoms with van der Waals surface area (Å²) in [5, 5.41) is 16.1. The van der Waals surface area contributed by atoms with Gasteiger partial charge in [0.25, 0.3) is 5.69 Å². The Bertz CT molecular complexity index is 450. The monoisotopic (exact) mass is 254 g/mol. The third kappa shape index (κ3) is 3.89. The number of hydrogen-bond donors (Lipinski definition) is 2. The third-order valence-corrected chi connectivity index (χ3v) is 2.00.